The van der Waals surface area contributed by atoms with Crippen molar-refractivity contribution in [1.29, 1.82) is 0 Å². The van der Waals surface area contributed by atoms with Crippen molar-refractivity contribution >= 4 is 17.0 Å². The molecule has 0 amide bonds. The second-order valence-corrected chi connectivity index (χ2v) is 5.04. The van der Waals surface area contributed by atoms with Crippen molar-refractivity contribution < 1.29 is 24.4 Å². The van der Waals surface area contributed by atoms with Crippen LogP contribution in [0.4, 0.5) is 10.2 Å². The molecule has 1 aliphatic rings. The number of nitrogens with zero attached hydrogens (tertiary/aromatic N) is 4. The van der Waals surface area contributed by atoms with Crippen LogP contribution in [-0.4, -0.2) is 66.8 Å². The van der Waals surface area contributed by atoms with E-state index in [1.165, 1.54) is 0 Å². The zero-order valence-corrected chi connectivity index (χ0v) is 11.9. The molecule has 0 radical (unpaired) electrons. The molecule has 0 unspecified atom stereocenters. The monoisotopic (exact) mass is 313 g/mol. The lowest BCUT2D eigenvalue weighted by molar-refractivity contribution is -0.235. The average Bonchev–Trinajstić information content (AvgIpc) is 3.02. The molecule has 3 rings (SSSR count). The zero-order chi connectivity index (χ0) is 16.1. The predicted molar refractivity (Wildman–Crippen MR) is 72.7 cm³/mol. The molecule has 2 aromatic rings. The standard InChI is InChI=1S/C12H16FN5O4/c1-5-16-10(14-2)7-11(17-5)18(4-15-7)12(13)9(21)8(20)6(3-19)22-12/h4,6,8-9,19-21H,3H2,1-2H3,(H,14,16,17)/t6-,8-,9-,12+/m1/s1. The van der Waals surface area contributed by atoms with Crippen molar-refractivity contribution in [3.8, 4) is 0 Å². The fraction of sp³-hybridized carbons (Fsp3) is 0.583. The minimum Gasteiger partial charge on any atom is -0.394 e. The maximum absolute atomic E-state index is 15.2. The van der Waals surface area contributed by atoms with Crippen molar-refractivity contribution in [2.24, 2.45) is 0 Å². The number of anilines is 1. The number of hydrogen-bond acceptors (Lipinski definition) is 8. The Kier molecular flexibility index (Phi) is 3.48. The summed E-state index contributed by atoms with van der Waals surface area (Å²) >= 11 is 0. The lowest BCUT2D eigenvalue weighted by atomic mass is 10.1. The molecule has 2 aromatic heterocycles. The number of alkyl halides is 1. The van der Waals surface area contributed by atoms with Crippen molar-refractivity contribution in [3.05, 3.63) is 12.2 Å². The largest absolute Gasteiger partial charge is 0.394 e. The minimum absolute atomic E-state index is 0.101. The summed E-state index contributed by atoms with van der Waals surface area (Å²) in [6.07, 6.45) is -3.60. The van der Waals surface area contributed by atoms with E-state index in [1.807, 2.05) is 0 Å². The average molecular weight is 313 g/mol. The fourth-order valence-corrected chi connectivity index (χ4v) is 2.52. The molecule has 22 heavy (non-hydrogen) atoms. The molecular weight excluding hydrogens is 297 g/mol. The third kappa shape index (κ3) is 1.96. The van der Waals surface area contributed by atoms with E-state index in [-0.39, 0.29) is 5.65 Å². The van der Waals surface area contributed by atoms with Crippen LogP contribution in [0.2, 0.25) is 0 Å². The summed E-state index contributed by atoms with van der Waals surface area (Å²) < 4.78 is 21.1. The molecule has 9 nitrogen and oxygen atoms in total. The van der Waals surface area contributed by atoms with Crippen LogP contribution in [0, 0.1) is 6.92 Å². The van der Waals surface area contributed by atoms with Gasteiger partial charge in [-0.1, -0.05) is 0 Å². The molecular formula is C12H16FN5O4. The highest BCUT2D eigenvalue weighted by Crippen LogP contribution is 2.39. The molecule has 0 aromatic carbocycles. The van der Waals surface area contributed by atoms with Gasteiger partial charge >= 0.3 is 5.98 Å². The number of rotatable bonds is 3. The smallest absolute Gasteiger partial charge is 0.325 e. The van der Waals surface area contributed by atoms with Crippen LogP contribution in [0.15, 0.2) is 6.33 Å². The highest BCUT2D eigenvalue weighted by atomic mass is 19.2. The van der Waals surface area contributed by atoms with Gasteiger partial charge in [0.05, 0.1) is 6.61 Å². The van der Waals surface area contributed by atoms with E-state index in [4.69, 9.17) is 9.84 Å². The van der Waals surface area contributed by atoms with Gasteiger partial charge in [-0.3, -0.25) is 4.57 Å². The second kappa shape index (κ2) is 5.09. The Morgan fingerprint density at radius 2 is 2.18 bits per heavy atom. The van der Waals surface area contributed by atoms with Gasteiger partial charge in [-0.05, 0) is 6.92 Å². The SMILES string of the molecule is CNc1nc(C)nc2c1ncn2[C@]1(F)O[C@H](CO)[C@@H](O)[C@H]1O. The van der Waals surface area contributed by atoms with Crippen molar-refractivity contribution in [2.75, 3.05) is 19.0 Å². The van der Waals surface area contributed by atoms with Gasteiger partial charge in [0.1, 0.15) is 24.4 Å². The van der Waals surface area contributed by atoms with Gasteiger partial charge in [0.25, 0.3) is 0 Å². The van der Waals surface area contributed by atoms with E-state index >= 15 is 4.39 Å². The molecule has 1 fully saturated rings. The van der Waals surface area contributed by atoms with Gasteiger partial charge in [-0.2, -0.15) is 4.39 Å². The number of ether oxygens (including phenoxy) is 1. The molecule has 1 saturated heterocycles. The van der Waals surface area contributed by atoms with Gasteiger partial charge in [-0.25, -0.2) is 15.0 Å². The third-order valence-electron chi connectivity index (χ3n) is 3.64. The normalized spacial score (nSPS) is 31.8. The first-order valence-corrected chi connectivity index (χ1v) is 6.66. The number of halogens is 1. The van der Waals surface area contributed by atoms with Crippen LogP contribution in [0.25, 0.3) is 11.2 Å². The van der Waals surface area contributed by atoms with Crippen LogP contribution < -0.4 is 5.32 Å². The molecule has 0 bridgehead atoms. The summed E-state index contributed by atoms with van der Waals surface area (Å²) in [6, 6.07) is 0. The van der Waals surface area contributed by atoms with Crippen LogP contribution in [0.3, 0.4) is 0 Å². The van der Waals surface area contributed by atoms with Crippen LogP contribution in [-0.2, 0) is 10.7 Å². The first-order chi connectivity index (χ1) is 10.4. The number of imidazole rings is 1. The van der Waals surface area contributed by atoms with E-state index in [9.17, 15) is 10.2 Å². The summed E-state index contributed by atoms with van der Waals surface area (Å²) in [5.41, 5.74) is 0.395. The maximum Gasteiger partial charge on any atom is 0.325 e. The number of aryl methyl sites for hydroxylation is 1. The Morgan fingerprint density at radius 1 is 1.45 bits per heavy atom. The summed E-state index contributed by atoms with van der Waals surface area (Å²) in [5.74, 6) is -2.02. The number of nitrogens with one attached hydrogen (secondary N) is 1. The van der Waals surface area contributed by atoms with Crippen LogP contribution >= 0.6 is 0 Å². The molecule has 0 spiro atoms. The van der Waals surface area contributed by atoms with Crippen molar-refractivity contribution in [3.63, 3.8) is 0 Å². The first-order valence-electron chi connectivity index (χ1n) is 6.66. The molecule has 4 N–H and O–H groups in total. The summed E-state index contributed by atoms with van der Waals surface area (Å²) in [6.45, 7) is 0.992. The molecule has 0 saturated carbocycles. The van der Waals surface area contributed by atoms with E-state index in [1.54, 1.807) is 14.0 Å². The second-order valence-electron chi connectivity index (χ2n) is 5.04. The molecule has 1 aliphatic heterocycles. The quantitative estimate of drug-likeness (QED) is 0.561. The zero-order valence-electron chi connectivity index (χ0n) is 11.9. The first kappa shape index (κ1) is 15.0. The number of fused-ring (bicyclic) bond motifs is 1. The number of aliphatic hydroxyl groups excluding tert-OH is 3. The predicted octanol–water partition coefficient (Wildman–Crippen LogP) is -1.13. The lowest BCUT2D eigenvalue weighted by Crippen LogP contribution is -2.41. The summed E-state index contributed by atoms with van der Waals surface area (Å²) in [7, 11) is 1.64. The van der Waals surface area contributed by atoms with Crippen molar-refractivity contribution in [2.45, 2.75) is 31.2 Å². The summed E-state index contributed by atoms with van der Waals surface area (Å²) in [5, 5.41) is 31.7. The molecule has 120 valence electrons. The topological polar surface area (TPSA) is 126 Å². The molecule has 0 aliphatic carbocycles. The van der Waals surface area contributed by atoms with Gasteiger partial charge in [0, 0.05) is 7.05 Å². The Labute approximate surface area is 124 Å². The number of aliphatic hydroxyl groups is 3. The molecule has 10 heteroatoms. The van der Waals surface area contributed by atoms with Crippen LogP contribution in [0.5, 0.6) is 0 Å². The Morgan fingerprint density at radius 3 is 2.77 bits per heavy atom. The number of aromatic nitrogens is 4. The molecule has 3 heterocycles. The maximum atomic E-state index is 15.2. The lowest BCUT2D eigenvalue weighted by Gasteiger charge is -2.24. The van der Waals surface area contributed by atoms with E-state index in [2.05, 4.69) is 20.3 Å². The van der Waals surface area contributed by atoms with Gasteiger partial charge in [-0.15, -0.1) is 0 Å². The van der Waals surface area contributed by atoms with Gasteiger partial charge in [0.2, 0.25) is 0 Å². The van der Waals surface area contributed by atoms with Crippen molar-refractivity contribution in [1.82, 2.24) is 19.5 Å². The highest BCUT2D eigenvalue weighted by Gasteiger charge is 2.57. The minimum atomic E-state index is -2.78. The van der Waals surface area contributed by atoms with Gasteiger partial charge in [0.15, 0.2) is 23.1 Å². The van der Waals surface area contributed by atoms with Gasteiger partial charge < -0.3 is 25.4 Å². The van der Waals surface area contributed by atoms with E-state index < -0.39 is 30.9 Å². The molecule has 4 atom stereocenters. The Balaban J connectivity index is 2.16. The Hall–Kier alpha value is -1.88. The van der Waals surface area contributed by atoms with E-state index in [0.29, 0.717) is 17.2 Å². The summed E-state index contributed by atoms with van der Waals surface area (Å²) in [4.78, 5) is 12.3. The third-order valence-corrected chi connectivity index (χ3v) is 3.64. The Bertz CT molecular complexity index is 710. The van der Waals surface area contributed by atoms with E-state index in [0.717, 1.165) is 10.9 Å². The van der Waals surface area contributed by atoms with Crippen LogP contribution in [0.1, 0.15) is 5.82 Å². The highest BCUT2D eigenvalue weighted by molar-refractivity contribution is 5.83. The number of hydrogen-bond donors (Lipinski definition) is 4. The fourth-order valence-electron chi connectivity index (χ4n) is 2.52.